The lowest BCUT2D eigenvalue weighted by Crippen LogP contribution is -2.28. The number of carbonyl (C=O) groups is 1. The molecule has 1 aromatic carbocycles. The van der Waals surface area contributed by atoms with Gasteiger partial charge in [0.05, 0.1) is 12.8 Å². The molecule has 0 bridgehead atoms. The molecule has 98 valence electrons. The smallest absolute Gasteiger partial charge is 0.209 e. The van der Waals surface area contributed by atoms with Crippen LogP contribution in [0.25, 0.3) is 0 Å². The van der Waals surface area contributed by atoms with Crippen LogP contribution in [-0.2, 0) is 22.9 Å². The van der Waals surface area contributed by atoms with Crippen molar-refractivity contribution < 1.29 is 13.2 Å². The lowest BCUT2D eigenvalue weighted by molar-refractivity contribution is 0.0997. The van der Waals surface area contributed by atoms with Crippen LogP contribution in [0, 0.1) is 0 Å². The lowest BCUT2D eigenvalue weighted by Gasteiger charge is -2.16. The van der Waals surface area contributed by atoms with E-state index in [2.05, 4.69) is 4.72 Å². The average molecular weight is 267 g/mol. The van der Waals surface area contributed by atoms with Crippen molar-refractivity contribution in [2.75, 3.05) is 12.8 Å². The Morgan fingerprint density at radius 2 is 1.89 bits per heavy atom. The number of nitrogens with one attached hydrogen (secondary N) is 1. The van der Waals surface area contributed by atoms with E-state index in [1.807, 2.05) is 12.1 Å². The Morgan fingerprint density at radius 3 is 2.56 bits per heavy atom. The molecule has 1 aromatic rings. The summed E-state index contributed by atoms with van der Waals surface area (Å²) < 4.78 is 24.1. The number of ketones is 1. The van der Waals surface area contributed by atoms with E-state index in [1.165, 1.54) is 17.5 Å². The number of hydrogen-bond donors (Lipinski definition) is 1. The highest BCUT2D eigenvalue weighted by molar-refractivity contribution is 7.88. The van der Waals surface area contributed by atoms with Gasteiger partial charge in [0.15, 0.2) is 5.78 Å². The van der Waals surface area contributed by atoms with Crippen LogP contribution in [0.1, 0.15) is 34.3 Å². The Kier molecular flexibility index (Phi) is 3.82. The zero-order chi connectivity index (χ0) is 13.2. The van der Waals surface area contributed by atoms with Gasteiger partial charge in [0.2, 0.25) is 10.0 Å². The number of rotatable bonds is 4. The van der Waals surface area contributed by atoms with Crippen molar-refractivity contribution in [3.63, 3.8) is 0 Å². The molecule has 0 amide bonds. The molecule has 0 aromatic heterocycles. The maximum absolute atomic E-state index is 11.9. The molecule has 0 spiro atoms. The molecule has 1 aliphatic rings. The Bertz CT molecular complexity index is 564. The van der Waals surface area contributed by atoms with Crippen molar-refractivity contribution in [1.29, 1.82) is 0 Å². The van der Waals surface area contributed by atoms with Crippen molar-refractivity contribution in [2.45, 2.75) is 25.7 Å². The lowest BCUT2D eigenvalue weighted by atomic mass is 9.90. The molecule has 0 fully saturated rings. The fraction of sp³-hybridized carbons (Fsp3) is 0.462. The fourth-order valence-corrected chi connectivity index (χ4v) is 2.60. The quantitative estimate of drug-likeness (QED) is 0.836. The van der Waals surface area contributed by atoms with Gasteiger partial charge in [0, 0.05) is 5.56 Å². The molecular weight excluding hydrogens is 250 g/mol. The second-order valence-electron chi connectivity index (χ2n) is 4.71. The summed E-state index contributed by atoms with van der Waals surface area (Å²) in [6, 6.07) is 5.68. The predicted molar refractivity (Wildman–Crippen MR) is 70.3 cm³/mol. The Morgan fingerprint density at radius 1 is 1.22 bits per heavy atom. The Balaban J connectivity index is 2.11. The van der Waals surface area contributed by atoms with E-state index < -0.39 is 10.0 Å². The van der Waals surface area contributed by atoms with Gasteiger partial charge in [-0.05, 0) is 42.9 Å². The first kappa shape index (κ1) is 13.2. The summed E-state index contributed by atoms with van der Waals surface area (Å²) >= 11 is 0. The first-order valence-corrected chi connectivity index (χ1v) is 7.94. The number of Topliss-reactive ketones (excluding diaryl/α,β-unsaturated/α-hetero) is 1. The molecular formula is C13H17NO3S. The first-order valence-electron chi connectivity index (χ1n) is 6.05. The highest BCUT2D eigenvalue weighted by atomic mass is 32.2. The van der Waals surface area contributed by atoms with Crippen LogP contribution >= 0.6 is 0 Å². The van der Waals surface area contributed by atoms with Crippen LogP contribution in [-0.4, -0.2) is 27.0 Å². The molecule has 4 nitrogen and oxygen atoms in total. The third-order valence-corrected chi connectivity index (χ3v) is 3.83. The second-order valence-corrected chi connectivity index (χ2v) is 6.54. The molecule has 1 aliphatic carbocycles. The van der Waals surface area contributed by atoms with E-state index in [4.69, 9.17) is 0 Å². The molecule has 0 saturated heterocycles. The van der Waals surface area contributed by atoms with E-state index >= 15 is 0 Å². The van der Waals surface area contributed by atoms with Gasteiger partial charge >= 0.3 is 0 Å². The molecule has 0 saturated carbocycles. The fourth-order valence-electron chi connectivity index (χ4n) is 2.21. The average Bonchev–Trinajstić information content (AvgIpc) is 2.34. The van der Waals surface area contributed by atoms with Crippen LogP contribution in [0.4, 0.5) is 0 Å². The van der Waals surface area contributed by atoms with Crippen LogP contribution in [0.2, 0.25) is 0 Å². The first-order chi connectivity index (χ1) is 8.46. The molecule has 2 rings (SSSR count). The third-order valence-electron chi connectivity index (χ3n) is 3.17. The van der Waals surface area contributed by atoms with Gasteiger partial charge in [-0.15, -0.1) is 0 Å². The van der Waals surface area contributed by atoms with Crippen LogP contribution in [0.5, 0.6) is 0 Å². The molecule has 0 unspecified atom stereocenters. The molecule has 1 N–H and O–H groups in total. The van der Waals surface area contributed by atoms with E-state index in [0.717, 1.165) is 25.5 Å². The minimum absolute atomic E-state index is 0.169. The van der Waals surface area contributed by atoms with Gasteiger partial charge in [0.25, 0.3) is 0 Å². The summed E-state index contributed by atoms with van der Waals surface area (Å²) in [6.45, 7) is -0.169. The normalized spacial score (nSPS) is 15.2. The van der Waals surface area contributed by atoms with Gasteiger partial charge in [-0.1, -0.05) is 12.1 Å². The van der Waals surface area contributed by atoms with E-state index in [0.29, 0.717) is 5.56 Å². The van der Waals surface area contributed by atoms with Crippen molar-refractivity contribution in [3.05, 3.63) is 34.9 Å². The number of hydrogen-bond acceptors (Lipinski definition) is 3. The Hall–Kier alpha value is -1.20. The van der Waals surface area contributed by atoms with Gasteiger partial charge < -0.3 is 0 Å². The maximum Gasteiger partial charge on any atom is 0.209 e. The molecule has 0 aliphatic heterocycles. The van der Waals surface area contributed by atoms with E-state index in [9.17, 15) is 13.2 Å². The Labute approximate surface area is 107 Å². The molecule has 0 heterocycles. The third kappa shape index (κ3) is 3.40. The van der Waals surface area contributed by atoms with Crippen LogP contribution < -0.4 is 4.72 Å². The zero-order valence-corrected chi connectivity index (χ0v) is 11.2. The van der Waals surface area contributed by atoms with Crippen molar-refractivity contribution >= 4 is 15.8 Å². The molecule has 18 heavy (non-hydrogen) atoms. The maximum atomic E-state index is 11.9. The minimum Gasteiger partial charge on any atom is -0.293 e. The second kappa shape index (κ2) is 5.20. The minimum atomic E-state index is -3.32. The molecule has 5 heteroatoms. The highest BCUT2D eigenvalue weighted by Crippen LogP contribution is 2.22. The van der Waals surface area contributed by atoms with E-state index in [1.54, 1.807) is 6.07 Å². The summed E-state index contributed by atoms with van der Waals surface area (Å²) in [7, 11) is -3.32. The highest BCUT2D eigenvalue weighted by Gasteiger charge is 2.13. The van der Waals surface area contributed by atoms with Gasteiger partial charge in [0.1, 0.15) is 0 Å². The topological polar surface area (TPSA) is 63.2 Å². The zero-order valence-electron chi connectivity index (χ0n) is 10.4. The predicted octanol–water partition coefficient (Wildman–Crippen LogP) is 1.30. The number of carbonyl (C=O) groups excluding carboxylic acids is 1. The van der Waals surface area contributed by atoms with Gasteiger partial charge in [-0.2, -0.15) is 0 Å². The number of benzene rings is 1. The van der Waals surface area contributed by atoms with E-state index in [-0.39, 0.29) is 12.3 Å². The summed E-state index contributed by atoms with van der Waals surface area (Å²) in [5.74, 6) is -0.186. The number of fused-ring (bicyclic) bond motifs is 1. The van der Waals surface area contributed by atoms with Crippen molar-refractivity contribution in [2.24, 2.45) is 0 Å². The SMILES string of the molecule is CS(=O)(=O)NCC(=O)c1ccc2c(c1)CCCC2. The van der Waals surface area contributed by atoms with Gasteiger partial charge in [-0.25, -0.2) is 13.1 Å². The van der Waals surface area contributed by atoms with Crippen molar-refractivity contribution in [1.82, 2.24) is 4.72 Å². The largest absolute Gasteiger partial charge is 0.293 e. The summed E-state index contributed by atoms with van der Waals surface area (Å²) in [5.41, 5.74) is 3.13. The summed E-state index contributed by atoms with van der Waals surface area (Å²) in [4.78, 5) is 11.9. The molecule has 0 radical (unpaired) electrons. The number of sulfonamides is 1. The molecule has 0 atom stereocenters. The number of aryl methyl sites for hydroxylation is 2. The summed E-state index contributed by atoms with van der Waals surface area (Å²) in [5, 5.41) is 0. The van der Waals surface area contributed by atoms with Crippen LogP contribution in [0.15, 0.2) is 18.2 Å². The van der Waals surface area contributed by atoms with Crippen LogP contribution in [0.3, 0.4) is 0 Å². The van der Waals surface area contributed by atoms with Crippen molar-refractivity contribution in [3.8, 4) is 0 Å². The standard InChI is InChI=1S/C13H17NO3S/c1-18(16,17)14-9-13(15)12-7-6-10-4-2-3-5-11(10)8-12/h6-8,14H,2-5,9H2,1H3. The summed E-state index contributed by atoms with van der Waals surface area (Å²) in [6.07, 6.45) is 5.50. The van der Waals surface area contributed by atoms with Gasteiger partial charge in [-0.3, -0.25) is 4.79 Å². The monoisotopic (exact) mass is 267 g/mol.